The number of sulfonamides is 1. The molecule has 0 atom stereocenters. The summed E-state index contributed by atoms with van der Waals surface area (Å²) in [5, 5.41) is 8.97. The molecule has 1 aromatic rings. The number of aliphatic hydroxyl groups excluding tert-OH is 1. The van der Waals surface area contributed by atoms with E-state index in [4.69, 9.17) is 5.11 Å². The lowest BCUT2D eigenvalue weighted by Crippen LogP contribution is -2.25. The van der Waals surface area contributed by atoms with Crippen molar-refractivity contribution in [2.45, 2.75) is 30.8 Å². The van der Waals surface area contributed by atoms with E-state index in [1.807, 2.05) is 0 Å². The summed E-state index contributed by atoms with van der Waals surface area (Å²) >= 11 is 4.46. The molecule has 7 heteroatoms. The lowest BCUT2D eigenvalue weighted by Gasteiger charge is -2.04. The molecule has 1 heterocycles. The molecule has 0 aromatic carbocycles. The van der Waals surface area contributed by atoms with Gasteiger partial charge in [0.15, 0.2) is 0 Å². The van der Waals surface area contributed by atoms with Gasteiger partial charge in [-0.1, -0.05) is 12.8 Å². The van der Waals surface area contributed by atoms with Crippen LogP contribution in [0.25, 0.3) is 0 Å². The Hall–Kier alpha value is 0.0500. The molecule has 17 heavy (non-hydrogen) atoms. The highest BCUT2D eigenvalue weighted by Crippen LogP contribution is 2.33. The smallest absolute Gasteiger partial charge is 0.242 e. The molecule has 0 unspecified atom stereocenters. The Morgan fingerprint density at radius 1 is 1.53 bits per heavy atom. The van der Waals surface area contributed by atoms with Gasteiger partial charge in [0.2, 0.25) is 10.0 Å². The Morgan fingerprint density at radius 2 is 2.24 bits per heavy atom. The third-order valence-electron chi connectivity index (χ3n) is 2.69. The van der Waals surface area contributed by atoms with Crippen LogP contribution < -0.4 is 4.72 Å². The highest BCUT2D eigenvalue weighted by atomic mass is 79.9. The van der Waals surface area contributed by atoms with Gasteiger partial charge in [-0.25, -0.2) is 13.1 Å². The second-order valence-electron chi connectivity index (χ2n) is 4.14. The Labute approximate surface area is 113 Å². The van der Waals surface area contributed by atoms with E-state index < -0.39 is 10.0 Å². The number of halogens is 1. The van der Waals surface area contributed by atoms with Crippen molar-refractivity contribution in [2.75, 3.05) is 6.54 Å². The highest BCUT2D eigenvalue weighted by Gasteiger charge is 2.24. The summed E-state index contributed by atoms with van der Waals surface area (Å²) in [5.74, 6) is 0.705. The molecule has 2 N–H and O–H groups in total. The van der Waals surface area contributed by atoms with Crippen LogP contribution in [-0.2, 0) is 16.6 Å². The summed E-state index contributed by atoms with van der Waals surface area (Å²) in [7, 11) is -3.45. The molecule has 1 aliphatic rings. The van der Waals surface area contributed by atoms with E-state index >= 15 is 0 Å². The number of rotatable bonds is 6. The van der Waals surface area contributed by atoms with E-state index in [0.717, 1.165) is 6.42 Å². The van der Waals surface area contributed by atoms with Gasteiger partial charge in [0.1, 0.15) is 4.90 Å². The van der Waals surface area contributed by atoms with Crippen LogP contribution >= 0.6 is 27.3 Å². The molecule has 0 aliphatic heterocycles. The van der Waals surface area contributed by atoms with Gasteiger partial charge in [-0.15, -0.1) is 11.3 Å². The monoisotopic (exact) mass is 339 g/mol. The largest absolute Gasteiger partial charge is 0.391 e. The van der Waals surface area contributed by atoms with Gasteiger partial charge >= 0.3 is 0 Å². The van der Waals surface area contributed by atoms with Crippen molar-refractivity contribution < 1.29 is 13.5 Å². The van der Waals surface area contributed by atoms with Crippen LogP contribution in [0.2, 0.25) is 0 Å². The molecule has 0 spiro atoms. The van der Waals surface area contributed by atoms with Crippen molar-refractivity contribution in [3.05, 3.63) is 14.7 Å². The maximum atomic E-state index is 12.0. The zero-order valence-corrected chi connectivity index (χ0v) is 12.4. The fourth-order valence-electron chi connectivity index (χ4n) is 1.54. The molecule has 0 bridgehead atoms. The van der Waals surface area contributed by atoms with Crippen molar-refractivity contribution in [3.63, 3.8) is 0 Å². The lowest BCUT2D eigenvalue weighted by atomic mass is 10.3. The standard InChI is InChI=1S/C10H14BrNO3S2/c11-10-9(5-8(6-13)16-10)17(14,15)12-4-3-7-1-2-7/h5,7,12-13H,1-4,6H2. The van der Waals surface area contributed by atoms with Gasteiger partial charge < -0.3 is 5.11 Å². The maximum absolute atomic E-state index is 12.0. The molecule has 0 radical (unpaired) electrons. The summed E-state index contributed by atoms with van der Waals surface area (Å²) in [6, 6.07) is 1.51. The van der Waals surface area contributed by atoms with Crippen LogP contribution in [0.15, 0.2) is 14.7 Å². The molecule has 1 aromatic heterocycles. The maximum Gasteiger partial charge on any atom is 0.242 e. The average molecular weight is 340 g/mol. The van der Waals surface area contributed by atoms with Gasteiger partial charge in [-0.05, 0) is 34.3 Å². The summed E-state index contributed by atoms with van der Waals surface area (Å²) in [4.78, 5) is 0.863. The van der Waals surface area contributed by atoms with Gasteiger partial charge in [-0.3, -0.25) is 0 Å². The molecule has 1 saturated carbocycles. The van der Waals surface area contributed by atoms with Crippen molar-refractivity contribution in [3.8, 4) is 0 Å². The first kappa shape index (κ1) is 13.5. The van der Waals surface area contributed by atoms with E-state index in [-0.39, 0.29) is 11.5 Å². The average Bonchev–Trinajstić information content (AvgIpc) is 2.99. The SMILES string of the molecule is O=S(=O)(NCCC1CC1)c1cc(CO)sc1Br. The van der Waals surface area contributed by atoms with Gasteiger partial charge in [0.25, 0.3) is 0 Å². The number of thiophene rings is 1. The Balaban J connectivity index is 2.03. The molecule has 0 amide bonds. The quantitative estimate of drug-likeness (QED) is 0.833. The van der Waals surface area contributed by atoms with E-state index in [0.29, 0.717) is 21.1 Å². The van der Waals surface area contributed by atoms with Gasteiger partial charge in [-0.2, -0.15) is 0 Å². The van der Waals surface area contributed by atoms with E-state index in [1.165, 1.54) is 30.2 Å². The number of nitrogens with one attached hydrogen (secondary N) is 1. The fourth-order valence-corrected chi connectivity index (χ4v) is 5.13. The van der Waals surface area contributed by atoms with Crippen molar-refractivity contribution in [1.29, 1.82) is 0 Å². The lowest BCUT2D eigenvalue weighted by molar-refractivity contribution is 0.285. The zero-order chi connectivity index (χ0) is 12.5. The van der Waals surface area contributed by atoms with Crippen LogP contribution in [0.5, 0.6) is 0 Å². The number of hydrogen-bond acceptors (Lipinski definition) is 4. The van der Waals surface area contributed by atoms with Gasteiger partial charge in [0, 0.05) is 11.4 Å². The predicted molar refractivity (Wildman–Crippen MR) is 70.5 cm³/mol. The molecule has 4 nitrogen and oxygen atoms in total. The van der Waals surface area contributed by atoms with Crippen LogP contribution in [0, 0.1) is 5.92 Å². The predicted octanol–water partition coefficient (Wildman–Crippen LogP) is 2.08. The van der Waals surface area contributed by atoms with Crippen LogP contribution in [0.4, 0.5) is 0 Å². The minimum atomic E-state index is -3.45. The number of hydrogen-bond donors (Lipinski definition) is 2. The molecule has 0 saturated heterocycles. The van der Waals surface area contributed by atoms with Crippen LogP contribution in [-0.4, -0.2) is 20.1 Å². The molecule has 1 fully saturated rings. The van der Waals surface area contributed by atoms with E-state index in [9.17, 15) is 8.42 Å². The summed E-state index contributed by atoms with van der Waals surface area (Å²) in [6.45, 7) is 0.352. The summed E-state index contributed by atoms with van der Waals surface area (Å²) in [5.41, 5.74) is 0. The van der Waals surface area contributed by atoms with E-state index in [2.05, 4.69) is 20.7 Å². The summed E-state index contributed by atoms with van der Waals surface area (Å²) < 4.78 is 27.1. The molecular formula is C10H14BrNO3S2. The van der Waals surface area contributed by atoms with Gasteiger partial charge in [0.05, 0.1) is 10.4 Å². The second kappa shape index (κ2) is 5.36. The Bertz CT molecular complexity index is 494. The fraction of sp³-hybridized carbons (Fsp3) is 0.600. The highest BCUT2D eigenvalue weighted by molar-refractivity contribution is 9.11. The Morgan fingerprint density at radius 3 is 2.76 bits per heavy atom. The molecule has 96 valence electrons. The Kier molecular flexibility index (Phi) is 4.25. The topological polar surface area (TPSA) is 66.4 Å². The van der Waals surface area contributed by atoms with Crippen molar-refractivity contribution >= 4 is 37.3 Å². The van der Waals surface area contributed by atoms with Crippen LogP contribution in [0.3, 0.4) is 0 Å². The zero-order valence-electron chi connectivity index (χ0n) is 9.15. The van der Waals surface area contributed by atoms with Crippen molar-refractivity contribution in [1.82, 2.24) is 4.72 Å². The first-order valence-electron chi connectivity index (χ1n) is 5.41. The second-order valence-corrected chi connectivity index (χ2v) is 8.33. The van der Waals surface area contributed by atoms with Crippen LogP contribution in [0.1, 0.15) is 24.1 Å². The van der Waals surface area contributed by atoms with Crippen molar-refractivity contribution in [2.24, 2.45) is 5.92 Å². The normalized spacial score (nSPS) is 16.4. The minimum absolute atomic E-state index is 0.138. The molecule has 2 rings (SSSR count). The van der Waals surface area contributed by atoms with E-state index in [1.54, 1.807) is 0 Å². The molecule has 1 aliphatic carbocycles. The molecular weight excluding hydrogens is 326 g/mol. The first-order chi connectivity index (χ1) is 8.03. The third-order valence-corrected chi connectivity index (χ3v) is 6.39. The first-order valence-corrected chi connectivity index (χ1v) is 8.51. The minimum Gasteiger partial charge on any atom is -0.391 e. The number of aliphatic hydroxyl groups is 1. The summed E-state index contributed by atoms with van der Waals surface area (Å²) in [6.07, 6.45) is 3.35. The third kappa shape index (κ3) is 3.51.